The molecule has 0 aliphatic carbocycles. The number of hydrogen-bond donors (Lipinski definition) is 1. The highest BCUT2D eigenvalue weighted by atomic mass is 16.6. The summed E-state index contributed by atoms with van der Waals surface area (Å²) in [5.74, 6) is 0. The van der Waals surface area contributed by atoms with Crippen molar-refractivity contribution in [1.82, 2.24) is 10.2 Å². The number of ether oxygens (including phenoxy) is 1. The summed E-state index contributed by atoms with van der Waals surface area (Å²) in [6.07, 6.45) is 1.63. The van der Waals surface area contributed by atoms with E-state index in [0.29, 0.717) is 0 Å². The fourth-order valence-electron chi connectivity index (χ4n) is 1.50. The fourth-order valence-corrected chi connectivity index (χ4v) is 1.50. The molecule has 1 fully saturated rings. The van der Waals surface area contributed by atoms with Gasteiger partial charge in [-0.25, -0.2) is 4.79 Å². The molecule has 1 atom stereocenters. The third-order valence-corrected chi connectivity index (χ3v) is 3.09. The van der Waals surface area contributed by atoms with Gasteiger partial charge >= 0.3 is 6.09 Å². The minimum atomic E-state index is -0.364. The van der Waals surface area contributed by atoms with Gasteiger partial charge in [0.15, 0.2) is 0 Å². The number of amides is 1. The zero-order valence-electron chi connectivity index (χ0n) is 10.2. The van der Waals surface area contributed by atoms with Gasteiger partial charge in [0.1, 0.15) is 5.60 Å². The number of carbonyl (C=O) groups excluding carboxylic acids is 1. The van der Waals surface area contributed by atoms with Crippen LogP contribution >= 0.6 is 0 Å². The number of hydrogen-bond acceptors (Lipinski definition) is 3. The molecule has 0 saturated carbocycles. The number of nitrogens with one attached hydrogen (secondary N) is 1. The summed E-state index contributed by atoms with van der Waals surface area (Å²) in [6.45, 7) is 7.75. The minimum Gasteiger partial charge on any atom is -0.443 e. The van der Waals surface area contributed by atoms with Crippen LogP contribution in [-0.2, 0) is 4.74 Å². The predicted octanol–water partition coefficient (Wildman–Crippen LogP) is 1.61. The molecule has 0 bridgehead atoms. The van der Waals surface area contributed by atoms with E-state index >= 15 is 0 Å². The molecule has 1 aliphatic heterocycles. The molecule has 0 aromatic heterocycles. The molecule has 1 amide bonds. The van der Waals surface area contributed by atoms with Crippen molar-refractivity contribution in [3.05, 3.63) is 0 Å². The number of likely N-dealkylation sites (N-methyl/N-ethyl adjacent to an activating group) is 1. The van der Waals surface area contributed by atoms with Crippen molar-refractivity contribution < 1.29 is 9.53 Å². The van der Waals surface area contributed by atoms with Crippen LogP contribution in [0, 0.1) is 0 Å². The average molecular weight is 214 g/mol. The molecule has 15 heavy (non-hydrogen) atoms. The molecular weight excluding hydrogens is 192 g/mol. The van der Waals surface area contributed by atoms with Gasteiger partial charge < -0.3 is 15.0 Å². The lowest BCUT2D eigenvalue weighted by molar-refractivity contribution is 0.0102. The SMILES string of the molecule is CCC(C)(C)OC(=O)N(C)[C@H]1CCNC1. The van der Waals surface area contributed by atoms with E-state index in [1.54, 1.807) is 4.90 Å². The molecule has 1 heterocycles. The molecule has 88 valence electrons. The summed E-state index contributed by atoms with van der Waals surface area (Å²) >= 11 is 0. The molecule has 1 rings (SSSR count). The van der Waals surface area contributed by atoms with E-state index in [9.17, 15) is 4.79 Å². The van der Waals surface area contributed by atoms with Crippen molar-refractivity contribution in [2.45, 2.75) is 45.3 Å². The molecule has 1 N–H and O–H groups in total. The maximum Gasteiger partial charge on any atom is 0.410 e. The zero-order valence-corrected chi connectivity index (χ0v) is 10.2. The van der Waals surface area contributed by atoms with Gasteiger partial charge in [-0.3, -0.25) is 0 Å². The molecule has 0 aromatic carbocycles. The predicted molar refractivity (Wildman–Crippen MR) is 59.9 cm³/mol. The van der Waals surface area contributed by atoms with Crippen LogP contribution in [0.15, 0.2) is 0 Å². The average Bonchev–Trinajstić information content (AvgIpc) is 2.68. The van der Waals surface area contributed by atoms with Gasteiger partial charge in [0.2, 0.25) is 0 Å². The molecule has 4 heteroatoms. The maximum atomic E-state index is 11.8. The van der Waals surface area contributed by atoms with Crippen molar-refractivity contribution in [2.75, 3.05) is 20.1 Å². The lowest BCUT2D eigenvalue weighted by Crippen LogP contribution is -2.42. The van der Waals surface area contributed by atoms with Gasteiger partial charge in [0.25, 0.3) is 0 Å². The van der Waals surface area contributed by atoms with Gasteiger partial charge in [-0.2, -0.15) is 0 Å². The Hall–Kier alpha value is -0.770. The Balaban J connectivity index is 2.45. The van der Waals surface area contributed by atoms with Crippen LogP contribution in [0.5, 0.6) is 0 Å². The Morgan fingerprint density at radius 1 is 1.60 bits per heavy atom. The molecule has 0 radical (unpaired) electrons. The Kier molecular flexibility index (Phi) is 3.97. The second-order valence-corrected chi connectivity index (χ2v) is 4.74. The van der Waals surface area contributed by atoms with Gasteiger partial charge in [0, 0.05) is 19.6 Å². The zero-order chi connectivity index (χ0) is 11.5. The number of nitrogens with zero attached hydrogens (tertiary/aromatic N) is 1. The lowest BCUT2D eigenvalue weighted by Gasteiger charge is -2.29. The van der Waals surface area contributed by atoms with Crippen LogP contribution in [0.3, 0.4) is 0 Å². The second kappa shape index (κ2) is 4.84. The maximum absolute atomic E-state index is 11.8. The van der Waals surface area contributed by atoms with Crippen LogP contribution in [-0.4, -0.2) is 42.8 Å². The summed E-state index contributed by atoms with van der Waals surface area (Å²) in [7, 11) is 1.81. The smallest absolute Gasteiger partial charge is 0.410 e. The van der Waals surface area contributed by atoms with Crippen LogP contribution in [0.1, 0.15) is 33.6 Å². The Labute approximate surface area is 92.0 Å². The van der Waals surface area contributed by atoms with Crippen molar-refractivity contribution in [2.24, 2.45) is 0 Å². The Morgan fingerprint density at radius 2 is 2.27 bits per heavy atom. The minimum absolute atomic E-state index is 0.212. The highest BCUT2D eigenvalue weighted by Gasteiger charge is 2.28. The molecule has 1 saturated heterocycles. The van der Waals surface area contributed by atoms with Gasteiger partial charge in [-0.15, -0.1) is 0 Å². The fraction of sp³-hybridized carbons (Fsp3) is 0.909. The van der Waals surface area contributed by atoms with E-state index in [4.69, 9.17) is 4.74 Å². The van der Waals surface area contributed by atoms with Crippen LogP contribution in [0.4, 0.5) is 4.79 Å². The van der Waals surface area contributed by atoms with Crippen LogP contribution < -0.4 is 5.32 Å². The normalized spacial score (nSPS) is 21.5. The van der Waals surface area contributed by atoms with E-state index in [-0.39, 0.29) is 17.7 Å². The highest BCUT2D eigenvalue weighted by molar-refractivity contribution is 5.68. The van der Waals surface area contributed by atoms with E-state index in [2.05, 4.69) is 5.32 Å². The van der Waals surface area contributed by atoms with Gasteiger partial charge in [0.05, 0.1) is 0 Å². The number of rotatable bonds is 3. The van der Waals surface area contributed by atoms with Crippen molar-refractivity contribution in [1.29, 1.82) is 0 Å². The molecule has 0 spiro atoms. The standard InChI is InChI=1S/C11H22N2O2/c1-5-11(2,3)15-10(14)13(4)9-6-7-12-8-9/h9,12H,5-8H2,1-4H3/t9-/m0/s1. The molecule has 0 unspecified atom stereocenters. The molecular formula is C11H22N2O2. The number of carbonyl (C=O) groups is 1. The molecule has 4 nitrogen and oxygen atoms in total. The van der Waals surface area contributed by atoms with E-state index in [0.717, 1.165) is 25.9 Å². The molecule has 0 aromatic rings. The van der Waals surface area contributed by atoms with Gasteiger partial charge in [-0.1, -0.05) is 6.92 Å². The van der Waals surface area contributed by atoms with Crippen LogP contribution in [0.25, 0.3) is 0 Å². The van der Waals surface area contributed by atoms with E-state index < -0.39 is 0 Å². The monoisotopic (exact) mass is 214 g/mol. The third-order valence-electron chi connectivity index (χ3n) is 3.09. The Morgan fingerprint density at radius 3 is 2.73 bits per heavy atom. The van der Waals surface area contributed by atoms with Crippen molar-refractivity contribution in [3.8, 4) is 0 Å². The first kappa shape index (κ1) is 12.3. The summed E-state index contributed by atoms with van der Waals surface area (Å²) in [5, 5.41) is 3.24. The first-order chi connectivity index (χ1) is 6.96. The lowest BCUT2D eigenvalue weighted by atomic mass is 10.1. The summed E-state index contributed by atoms with van der Waals surface area (Å²) in [4.78, 5) is 13.5. The third kappa shape index (κ3) is 3.38. The molecule has 1 aliphatic rings. The van der Waals surface area contributed by atoms with E-state index in [1.807, 2.05) is 27.8 Å². The highest BCUT2D eigenvalue weighted by Crippen LogP contribution is 2.17. The first-order valence-electron chi connectivity index (χ1n) is 5.63. The summed E-state index contributed by atoms with van der Waals surface area (Å²) in [5.41, 5.74) is -0.364. The van der Waals surface area contributed by atoms with E-state index in [1.165, 1.54) is 0 Å². The summed E-state index contributed by atoms with van der Waals surface area (Å²) in [6, 6.07) is 0.283. The first-order valence-corrected chi connectivity index (χ1v) is 5.63. The summed E-state index contributed by atoms with van der Waals surface area (Å²) < 4.78 is 5.42. The van der Waals surface area contributed by atoms with Crippen molar-refractivity contribution in [3.63, 3.8) is 0 Å². The largest absolute Gasteiger partial charge is 0.443 e. The topological polar surface area (TPSA) is 41.6 Å². The second-order valence-electron chi connectivity index (χ2n) is 4.74. The van der Waals surface area contributed by atoms with Gasteiger partial charge in [-0.05, 0) is 33.2 Å². The van der Waals surface area contributed by atoms with Crippen LogP contribution in [0.2, 0.25) is 0 Å². The quantitative estimate of drug-likeness (QED) is 0.776. The Bertz CT molecular complexity index is 223. The van der Waals surface area contributed by atoms with Crippen molar-refractivity contribution >= 4 is 6.09 Å².